The second-order valence-corrected chi connectivity index (χ2v) is 5.20. The zero-order valence-electron chi connectivity index (χ0n) is 9.84. The van der Waals surface area contributed by atoms with Crippen molar-refractivity contribution in [3.8, 4) is 0 Å². The third kappa shape index (κ3) is 2.79. The first-order chi connectivity index (χ1) is 7.81. The van der Waals surface area contributed by atoms with E-state index in [0.717, 1.165) is 17.9 Å². The number of rotatable bonds is 3. The van der Waals surface area contributed by atoms with Gasteiger partial charge < -0.3 is 0 Å². The summed E-state index contributed by atoms with van der Waals surface area (Å²) in [4.78, 5) is 0. The standard InChI is InChI=1S/C15H20Cl/c1-2-6-12-9-10-14(15(16)11-12)13-7-4-3-5-8-13/h9-11,13H,1-8H2. The molecule has 1 aromatic carbocycles. The van der Waals surface area contributed by atoms with E-state index < -0.39 is 0 Å². The fourth-order valence-electron chi connectivity index (χ4n) is 2.67. The van der Waals surface area contributed by atoms with E-state index >= 15 is 0 Å². The minimum atomic E-state index is 0.704. The van der Waals surface area contributed by atoms with Crippen molar-refractivity contribution in [2.45, 2.75) is 50.9 Å². The first-order valence-corrected chi connectivity index (χ1v) is 6.76. The molecule has 0 amide bonds. The summed E-state index contributed by atoms with van der Waals surface area (Å²) in [5, 5.41) is 0.970. The largest absolute Gasteiger partial charge is 0.0840 e. The van der Waals surface area contributed by atoms with Crippen molar-refractivity contribution in [1.82, 2.24) is 0 Å². The van der Waals surface area contributed by atoms with Gasteiger partial charge in [0.25, 0.3) is 0 Å². The Balaban J connectivity index is 2.14. The van der Waals surface area contributed by atoms with Gasteiger partial charge in [0.05, 0.1) is 0 Å². The van der Waals surface area contributed by atoms with E-state index in [1.807, 2.05) is 0 Å². The predicted octanol–water partition coefficient (Wildman–Crippen LogP) is 5.15. The lowest BCUT2D eigenvalue weighted by atomic mass is 9.84. The van der Waals surface area contributed by atoms with Gasteiger partial charge in [0.15, 0.2) is 0 Å². The maximum atomic E-state index is 6.38. The van der Waals surface area contributed by atoms with Crippen LogP contribution in [0.4, 0.5) is 0 Å². The summed E-state index contributed by atoms with van der Waals surface area (Å²) >= 11 is 6.38. The molecule has 0 aromatic heterocycles. The normalized spacial score (nSPS) is 17.6. The monoisotopic (exact) mass is 235 g/mol. The highest BCUT2D eigenvalue weighted by Gasteiger charge is 2.17. The summed E-state index contributed by atoms with van der Waals surface area (Å²) in [6, 6.07) is 6.60. The molecule has 1 aliphatic rings. The van der Waals surface area contributed by atoms with Crippen molar-refractivity contribution >= 4 is 11.6 Å². The molecule has 0 atom stereocenters. The van der Waals surface area contributed by atoms with Crippen molar-refractivity contribution in [2.75, 3.05) is 0 Å². The van der Waals surface area contributed by atoms with E-state index in [2.05, 4.69) is 25.1 Å². The summed E-state index contributed by atoms with van der Waals surface area (Å²) in [6.45, 7) is 3.88. The van der Waals surface area contributed by atoms with Crippen LogP contribution in [0.25, 0.3) is 0 Å². The molecule has 0 heterocycles. The van der Waals surface area contributed by atoms with Gasteiger partial charge in [-0.15, -0.1) is 0 Å². The minimum absolute atomic E-state index is 0.704. The Morgan fingerprint density at radius 1 is 1.19 bits per heavy atom. The van der Waals surface area contributed by atoms with Crippen LogP contribution in [0, 0.1) is 6.92 Å². The fourth-order valence-corrected chi connectivity index (χ4v) is 3.03. The van der Waals surface area contributed by atoms with Gasteiger partial charge in [-0.1, -0.05) is 49.9 Å². The van der Waals surface area contributed by atoms with Crippen molar-refractivity contribution in [3.05, 3.63) is 41.3 Å². The lowest BCUT2D eigenvalue weighted by Crippen LogP contribution is -2.05. The van der Waals surface area contributed by atoms with Gasteiger partial charge in [-0.25, -0.2) is 0 Å². The molecule has 1 radical (unpaired) electrons. The van der Waals surface area contributed by atoms with E-state index in [1.165, 1.54) is 43.2 Å². The second-order valence-electron chi connectivity index (χ2n) is 4.79. The molecule has 0 aliphatic heterocycles. The van der Waals surface area contributed by atoms with Crippen LogP contribution in [0.15, 0.2) is 18.2 Å². The van der Waals surface area contributed by atoms with Crippen LogP contribution >= 0.6 is 11.6 Å². The Bertz CT molecular complexity index is 337. The quantitative estimate of drug-likeness (QED) is 0.679. The lowest BCUT2D eigenvalue weighted by Gasteiger charge is -2.23. The lowest BCUT2D eigenvalue weighted by molar-refractivity contribution is 0.443. The molecule has 1 aliphatic carbocycles. The number of aryl methyl sites for hydroxylation is 1. The molecule has 0 saturated heterocycles. The second kappa shape index (κ2) is 5.72. The molecule has 0 spiro atoms. The molecular formula is C15H20Cl. The van der Waals surface area contributed by atoms with Gasteiger partial charge in [-0.05, 0) is 48.8 Å². The molecule has 1 saturated carbocycles. The Kier molecular flexibility index (Phi) is 4.29. The molecule has 1 fully saturated rings. The molecule has 0 bridgehead atoms. The van der Waals surface area contributed by atoms with E-state index in [4.69, 9.17) is 11.6 Å². The van der Waals surface area contributed by atoms with Crippen LogP contribution < -0.4 is 0 Å². The maximum Gasteiger partial charge on any atom is 0.0443 e. The van der Waals surface area contributed by atoms with E-state index in [9.17, 15) is 0 Å². The van der Waals surface area contributed by atoms with Crippen molar-refractivity contribution in [3.63, 3.8) is 0 Å². The Hall–Kier alpha value is -0.490. The number of halogens is 1. The number of hydrogen-bond acceptors (Lipinski definition) is 0. The Morgan fingerprint density at radius 2 is 1.94 bits per heavy atom. The van der Waals surface area contributed by atoms with Gasteiger partial charge in [0, 0.05) is 5.02 Å². The number of benzene rings is 1. The first kappa shape index (κ1) is 12.0. The zero-order valence-corrected chi connectivity index (χ0v) is 10.6. The first-order valence-electron chi connectivity index (χ1n) is 6.39. The summed E-state index contributed by atoms with van der Waals surface area (Å²) in [7, 11) is 0. The molecule has 16 heavy (non-hydrogen) atoms. The third-order valence-electron chi connectivity index (χ3n) is 3.58. The molecule has 0 unspecified atom stereocenters. The van der Waals surface area contributed by atoms with Crippen LogP contribution in [0.2, 0.25) is 5.02 Å². The molecule has 1 heteroatoms. The van der Waals surface area contributed by atoms with Crippen LogP contribution in [-0.4, -0.2) is 0 Å². The summed E-state index contributed by atoms with van der Waals surface area (Å²) < 4.78 is 0. The van der Waals surface area contributed by atoms with Gasteiger partial charge in [0.2, 0.25) is 0 Å². The fraction of sp³-hybridized carbons (Fsp3) is 0.533. The van der Waals surface area contributed by atoms with Gasteiger partial charge >= 0.3 is 0 Å². The van der Waals surface area contributed by atoms with Crippen LogP contribution in [-0.2, 0) is 6.42 Å². The SMILES string of the molecule is [CH2]CCc1ccc(C2CCCCC2)c(Cl)c1. The molecular weight excluding hydrogens is 216 g/mol. The number of hydrogen-bond donors (Lipinski definition) is 0. The van der Waals surface area contributed by atoms with Crippen molar-refractivity contribution in [1.29, 1.82) is 0 Å². The van der Waals surface area contributed by atoms with Crippen LogP contribution in [0.1, 0.15) is 55.6 Å². The Morgan fingerprint density at radius 3 is 2.56 bits per heavy atom. The molecule has 0 nitrogen and oxygen atoms in total. The molecule has 0 N–H and O–H groups in total. The predicted molar refractivity (Wildman–Crippen MR) is 71.0 cm³/mol. The van der Waals surface area contributed by atoms with Crippen molar-refractivity contribution in [2.24, 2.45) is 0 Å². The minimum Gasteiger partial charge on any atom is -0.0840 e. The van der Waals surface area contributed by atoms with E-state index in [0.29, 0.717) is 5.92 Å². The third-order valence-corrected chi connectivity index (χ3v) is 3.90. The molecule has 2 rings (SSSR count). The maximum absolute atomic E-state index is 6.38. The average Bonchev–Trinajstić information content (AvgIpc) is 2.31. The van der Waals surface area contributed by atoms with Gasteiger partial charge in [-0.2, -0.15) is 0 Å². The molecule has 1 aromatic rings. The Labute approximate surface area is 104 Å². The molecule has 87 valence electrons. The highest BCUT2D eigenvalue weighted by Crippen LogP contribution is 2.36. The van der Waals surface area contributed by atoms with Crippen LogP contribution in [0.3, 0.4) is 0 Å². The van der Waals surface area contributed by atoms with E-state index in [1.54, 1.807) is 0 Å². The summed E-state index contributed by atoms with van der Waals surface area (Å²) in [5.41, 5.74) is 2.69. The van der Waals surface area contributed by atoms with E-state index in [-0.39, 0.29) is 0 Å². The van der Waals surface area contributed by atoms with Crippen LogP contribution in [0.5, 0.6) is 0 Å². The van der Waals surface area contributed by atoms with Gasteiger partial charge in [-0.3, -0.25) is 0 Å². The van der Waals surface area contributed by atoms with Crippen molar-refractivity contribution < 1.29 is 0 Å². The highest BCUT2D eigenvalue weighted by molar-refractivity contribution is 6.31. The summed E-state index contributed by atoms with van der Waals surface area (Å²) in [6.07, 6.45) is 8.73. The average molecular weight is 236 g/mol. The topological polar surface area (TPSA) is 0 Å². The highest BCUT2D eigenvalue weighted by atomic mass is 35.5. The zero-order chi connectivity index (χ0) is 11.4. The summed E-state index contributed by atoms with van der Waals surface area (Å²) in [5.74, 6) is 0.704. The van der Waals surface area contributed by atoms with Gasteiger partial charge in [0.1, 0.15) is 0 Å². The smallest absolute Gasteiger partial charge is 0.0443 e.